The summed E-state index contributed by atoms with van der Waals surface area (Å²) in [5, 5.41) is 3.52. The molecule has 1 aliphatic rings. The topological polar surface area (TPSA) is 82.9 Å². The highest BCUT2D eigenvalue weighted by molar-refractivity contribution is 6.04. The van der Waals surface area contributed by atoms with E-state index in [2.05, 4.69) is 24.1 Å². The van der Waals surface area contributed by atoms with Gasteiger partial charge in [0.2, 0.25) is 0 Å². The summed E-state index contributed by atoms with van der Waals surface area (Å²) in [6.45, 7) is 11.6. The lowest BCUT2D eigenvalue weighted by atomic mass is 10.0. The van der Waals surface area contributed by atoms with Crippen LogP contribution in [0.4, 0.5) is 10.5 Å². The summed E-state index contributed by atoms with van der Waals surface area (Å²) in [6.07, 6.45) is 0.570. The van der Waals surface area contributed by atoms with Crippen LogP contribution < -0.4 is 15.8 Å². The third-order valence-electron chi connectivity index (χ3n) is 5.53. The number of hydrogen-bond acceptors (Lipinski definition) is 5. The van der Waals surface area contributed by atoms with Crippen LogP contribution in [0.15, 0.2) is 27.4 Å². The number of fused-ring (bicyclic) bond motifs is 1. The molecule has 1 saturated heterocycles. The normalized spacial score (nSPS) is 16.8. The van der Waals surface area contributed by atoms with Crippen LogP contribution in [0.1, 0.15) is 45.2 Å². The van der Waals surface area contributed by atoms with Crippen LogP contribution in [-0.4, -0.2) is 36.0 Å². The van der Waals surface area contributed by atoms with Crippen molar-refractivity contribution >= 4 is 28.6 Å². The Labute approximate surface area is 170 Å². The Hall–Kier alpha value is -2.83. The molecule has 7 heteroatoms. The summed E-state index contributed by atoms with van der Waals surface area (Å²) in [5.74, 6) is -0.0174. The molecule has 1 aliphatic heterocycles. The molecule has 1 aromatic heterocycles. The Morgan fingerprint density at radius 2 is 1.86 bits per heavy atom. The molecule has 3 rings (SSSR count). The predicted octanol–water partition coefficient (Wildman–Crippen LogP) is 3.41. The minimum absolute atomic E-state index is 0.0822. The molecular weight excluding hydrogens is 370 g/mol. The van der Waals surface area contributed by atoms with Gasteiger partial charge in [0.15, 0.2) is 0 Å². The number of aryl methyl sites for hydroxylation is 1. The van der Waals surface area contributed by atoms with E-state index in [0.717, 1.165) is 34.6 Å². The van der Waals surface area contributed by atoms with Gasteiger partial charge in [-0.2, -0.15) is 0 Å². The summed E-state index contributed by atoms with van der Waals surface area (Å²) in [4.78, 5) is 40.9. The molecule has 1 fully saturated rings. The third kappa shape index (κ3) is 3.99. The van der Waals surface area contributed by atoms with E-state index >= 15 is 0 Å². The first kappa shape index (κ1) is 20.9. The maximum atomic E-state index is 12.7. The molecule has 3 amide bonds. The molecule has 156 valence electrons. The largest absolute Gasteiger partial charge is 0.422 e. The van der Waals surface area contributed by atoms with Gasteiger partial charge in [0, 0.05) is 30.2 Å². The van der Waals surface area contributed by atoms with Crippen LogP contribution in [-0.2, 0) is 11.3 Å². The van der Waals surface area contributed by atoms with Crippen LogP contribution in [0.3, 0.4) is 0 Å². The first-order valence-electron chi connectivity index (χ1n) is 10.2. The molecule has 0 saturated carbocycles. The number of amides is 3. The molecule has 2 heterocycles. The highest BCUT2D eigenvalue weighted by Crippen LogP contribution is 2.26. The van der Waals surface area contributed by atoms with Gasteiger partial charge in [-0.25, -0.2) is 9.59 Å². The first-order chi connectivity index (χ1) is 13.8. The van der Waals surface area contributed by atoms with Gasteiger partial charge in [0.1, 0.15) is 11.6 Å². The molecule has 1 N–H and O–H groups in total. The summed E-state index contributed by atoms with van der Waals surface area (Å²) < 4.78 is 5.57. The highest BCUT2D eigenvalue weighted by atomic mass is 16.4. The van der Waals surface area contributed by atoms with E-state index in [1.807, 2.05) is 39.0 Å². The van der Waals surface area contributed by atoms with Gasteiger partial charge in [-0.15, -0.1) is 0 Å². The average molecular weight is 399 g/mol. The van der Waals surface area contributed by atoms with Crippen LogP contribution in [0, 0.1) is 12.8 Å². The Morgan fingerprint density at radius 3 is 2.48 bits per heavy atom. The quantitative estimate of drug-likeness (QED) is 0.570. The van der Waals surface area contributed by atoms with Gasteiger partial charge >= 0.3 is 11.7 Å². The van der Waals surface area contributed by atoms with Crippen molar-refractivity contribution in [2.24, 2.45) is 5.92 Å². The average Bonchev–Trinajstić information content (AvgIpc) is 2.92. The second-order valence-corrected chi connectivity index (χ2v) is 7.90. The lowest BCUT2D eigenvalue weighted by Crippen LogP contribution is -2.33. The van der Waals surface area contributed by atoms with E-state index in [0.29, 0.717) is 17.6 Å². The number of imide groups is 1. The second-order valence-electron chi connectivity index (χ2n) is 7.90. The van der Waals surface area contributed by atoms with Crippen molar-refractivity contribution in [2.45, 2.75) is 53.6 Å². The lowest BCUT2D eigenvalue weighted by Gasteiger charge is -2.21. The SMILES string of the molecule is CCN(CC)c1ccc2c(C)c(CN3C(=O)NC(CC(C)C)C3=O)c(=O)oc2c1. The molecule has 1 atom stereocenters. The van der Waals surface area contributed by atoms with E-state index in [4.69, 9.17) is 4.42 Å². The Bertz CT molecular complexity index is 991. The van der Waals surface area contributed by atoms with E-state index in [-0.39, 0.29) is 18.4 Å². The van der Waals surface area contributed by atoms with Crippen LogP contribution in [0.2, 0.25) is 0 Å². The number of benzene rings is 1. The second kappa shape index (κ2) is 8.27. The standard InChI is InChI=1S/C22H29N3O4/c1-6-24(7-2)15-8-9-16-14(5)17(21(27)29-19(16)11-15)12-25-20(26)18(10-13(3)4)23-22(25)28/h8-9,11,13,18H,6-7,10,12H2,1-5H3,(H,23,28). The summed E-state index contributed by atoms with van der Waals surface area (Å²) >= 11 is 0. The fourth-order valence-electron chi connectivity index (χ4n) is 3.87. The number of urea groups is 1. The van der Waals surface area contributed by atoms with Gasteiger partial charge in [0.05, 0.1) is 12.1 Å². The number of carbonyl (C=O) groups is 2. The summed E-state index contributed by atoms with van der Waals surface area (Å²) in [7, 11) is 0. The Morgan fingerprint density at radius 1 is 1.17 bits per heavy atom. The molecule has 0 bridgehead atoms. The molecular formula is C22H29N3O4. The van der Waals surface area contributed by atoms with E-state index in [9.17, 15) is 14.4 Å². The van der Waals surface area contributed by atoms with Gasteiger partial charge in [0.25, 0.3) is 5.91 Å². The maximum Gasteiger partial charge on any atom is 0.341 e. The van der Waals surface area contributed by atoms with Crippen LogP contribution in [0.25, 0.3) is 11.0 Å². The number of rotatable bonds is 7. The number of carbonyl (C=O) groups excluding carboxylic acids is 2. The van der Waals surface area contributed by atoms with Gasteiger partial charge in [-0.1, -0.05) is 13.8 Å². The van der Waals surface area contributed by atoms with E-state index < -0.39 is 17.7 Å². The smallest absolute Gasteiger partial charge is 0.341 e. The summed E-state index contributed by atoms with van der Waals surface area (Å²) in [5.41, 5.74) is 2.05. The molecule has 0 radical (unpaired) electrons. The van der Waals surface area contributed by atoms with Gasteiger partial charge in [-0.05, 0) is 50.8 Å². The molecule has 7 nitrogen and oxygen atoms in total. The zero-order chi connectivity index (χ0) is 21.3. The number of anilines is 1. The van der Waals surface area contributed by atoms with Crippen molar-refractivity contribution < 1.29 is 14.0 Å². The molecule has 0 spiro atoms. The molecule has 1 aromatic carbocycles. The van der Waals surface area contributed by atoms with E-state index in [1.165, 1.54) is 0 Å². The minimum Gasteiger partial charge on any atom is -0.422 e. The van der Waals surface area contributed by atoms with Crippen molar-refractivity contribution in [1.29, 1.82) is 0 Å². The zero-order valence-corrected chi connectivity index (χ0v) is 17.7. The Kier molecular flexibility index (Phi) is 5.96. The minimum atomic E-state index is -0.535. The van der Waals surface area contributed by atoms with E-state index in [1.54, 1.807) is 0 Å². The number of hydrogen-bond donors (Lipinski definition) is 1. The number of nitrogens with zero attached hydrogens (tertiary/aromatic N) is 2. The fraction of sp³-hybridized carbons (Fsp3) is 0.500. The maximum absolute atomic E-state index is 12.7. The lowest BCUT2D eigenvalue weighted by molar-refractivity contribution is -0.128. The van der Waals surface area contributed by atoms with Crippen molar-refractivity contribution in [2.75, 3.05) is 18.0 Å². The molecule has 29 heavy (non-hydrogen) atoms. The third-order valence-corrected chi connectivity index (χ3v) is 5.53. The number of nitrogens with one attached hydrogen (secondary N) is 1. The highest BCUT2D eigenvalue weighted by Gasteiger charge is 2.38. The monoisotopic (exact) mass is 399 g/mol. The zero-order valence-electron chi connectivity index (χ0n) is 17.7. The van der Waals surface area contributed by atoms with Gasteiger partial charge in [-0.3, -0.25) is 9.69 Å². The van der Waals surface area contributed by atoms with Crippen LogP contribution in [0.5, 0.6) is 0 Å². The van der Waals surface area contributed by atoms with Crippen molar-refractivity contribution in [3.8, 4) is 0 Å². The molecule has 0 aliphatic carbocycles. The first-order valence-corrected chi connectivity index (χ1v) is 10.2. The summed E-state index contributed by atoms with van der Waals surface area (Å²) in [6, 6.07) is 4.80. The molecule has 2 aromatic rings. The predicted molar refractivity (Wildman–Crippen MR) is 113 cm³/mol. The fourth-order valence-corrected chi connectivity index (χ4v) is 3.87. The van der Waals surface area contributed by atoms with Crippen molar-refractivity contribution in [3.63, 3.8) is 0 Å². The van der Waals surface area contributed by atoms with Crippen LogP contribution >= 0.6 is 0 Å². The van der Waals surface area contributed by atoms with Crippen molar-refractivity contribution in [1.82, 2.24) is 10.2 Å². The van der Waals surface area contributed by atoms with Gasteiger partial charge < -0.3 is 14.6 Å². The van der Waals surface area contributed by atoms with Crippen molar-refractivity contribution in [3.05, 3.63) is 39.7 Å². The Balaban J connectivity index is 1.94. The molecule has 1 unspecified atom stereocenters.